The average Bonchev–Trinajstić information content (AvgIpc) is 3.02. The molecule has 2 aromatic rings. The summed E-state index contributed by atoms with van der Waals surface area (Å²) in [6.07, 6.45) is 9.81. The van der Waals surface area contributed by atoms with Gasteiger partial charge in [0, 0.05) is 30.0 Å². The lowest BCUT2D eigenvalue weighted by Gasteiger charge is -2.33. The number of alkyl halides is 1. The molecule has 6 heteroatoms. The van der Waals surface area contributed by atoms with Crippen molar-refractivity contribution in [1.29, 1.82) is 0 Å². The van der Waals surface area contributed by atoms with Crippen LogP contribution < -0.4 is 4.90 Å². The van der Waals surface area contributed by atoms with Gasteiger partial charge in [0.05, 0.1) is 23.1 Å². The van der Waals surface area contributed by atoms with Crippen molar-refractivity contribution in [2.45, 2.75) is 70.8 Å². The van der Waals surface area contributed by atoms with E-state index in [0.717, 1.165) is 72.1 Å². The fourth-order valence-corrected chi connectivity index (χ4v) is 5.92. The zero-order valence-corrected chi connectivity index (χ0v) is 22.3. The van der Waals surface area contributed by atoms with Crippen LogP contribution in [0.25, 0.3) is 0 Å². The van der Waals surface area contributed by atoms with Gasteiger partial charge in [-0.05, 0) is 74.8 Å². The van der Waals surface area contributed by atoms with Gasteiger partial charge in [-0.2, -0.15) is 5.10 Å². The Hall–Kier alpha value is -2.18. The van der Waals surface area contributed by atoms with Crippen LogP contribution in [-0.2, 0) is 11.2 Å². The number of hydrazone groups is 1. The van der Waals surface area contributed by atoms with Gasteiger partial charge in [-0.1, -0.05) is 59.5 Å². The third-order valence-corrected chi connectivity index (χ3v) is 8.16. The van der Waals surface area contributed by atoms with Crippen LogP contribution in [0, 0.1) is 12.8 Å². The van der Waals surface area contributed by atoms with Crippen molar-refractivity contribution >= 4 is 39.0 Å². The van der Waals surface area contributed by atoms with Crippen LogP contribution in [0.2, 0.25) is 0 Å². The number of ether oxygens (including phenoxy) is 1. The van der Waals surface area contributed by atoms with Crippen molar-refractivity contribution in [3.05, 3.63) is 59.2 Å². The molecule has 0 radical (unpaired) electrons. The molecule has 1 aliphatic carbocycles. The van der Waals surface area contributed by atoms with Gasteiger partial charge in [0.25, 0.3) is 0 Å². The molecule has 0 atom stereocenters. The molecule has 0 N–H and O–H groups in total. The van der Waals surface area contributed by atoms with E-state index in [-0.39, 0.29) is 12.1 Å². The minimum atomic E-state index is -0.0530. The van der Waals surface area contributed by atoms with E-state index < -0.39 is 0 Å². The molecule has 0 aromatic heterocycles. The molecule has 186 valence electrons. The Kier molecular flexibility index (Phi) is 7.88. The van der Waals surface area contributed by atoms with E-state index in [0.29, 0.717) is 19.1 Å². The lowest BCUT2D eigenvalue weighted by atomic mass is 9.82. The second kappa shape index (κ2) is 11.3. The SMILES string of the molecule is Cc1ccc2c(c1)N(c1ccc(CCCBr)cc1)C(=O)N(C1CCOCC1)N=C2C1CCCCC1. The molecule has 2 aliphatic heterocycles. The maximum absolute atomic E-state index is 14.3. The normalized spacial score (nSPS) is 19.9. The number of benzene rings is 2. The van der Waals surface area contributed by atoms with Crippen molar-refractivity contribution in [3.8, 4) is 0 Å². The quantitative estimate of drug-likeness (QED) is 0.361. The third kappa shape index (κ3) is 5.34. The Balaban J connectivity index is 1.61. The van der Waals surface area contributed by atoms with Gasteiger partial charge in [0.1, 0.15) is 0 Å². The van der Waals surface area contributed by atoms with Gasteiger partial charge in [-0.3, -0.25) is 4.90 Å². The van der Waals surface area contributed by atoms with Crippen molar-refractivity contribution in [1.82, 2.24) is 5.01 Å². The van der Waals surface area contributed by atoms with Crippen LogP contribution in [0.15, 0.2) is 47.6 Å². The average molecular weight is 539 g/mol. The Morgan fingerprint density at radius 2 is 1.74 bits per heavy atom. The van der Waals surface area contributed by atoms with Crippen LogP contribution in [0.1, 0.15) is 68.1 Å². The van der Waals surface area contributed by atoms with Crippen LogP contribution in [-0.4, -0.2) is 41.3 Å². The summed E-state index contributed by atoms with van der Waals surface area (Å²) in [5.74, 6) is 0.395. The summed E-state index contributed by atoms with van der Waals surface area (Å²) in [4.78, 5) is 16.2. The fraction of sp³-hybridized carbons (Fsp3) is 0.517. The van der Waals surface area contributed by atoms with Gasteiger partial charge >= 0.3 is 6.03 Å². The maximum atomic E-state index is 14.3. The lowest BCUT2D eigenvalue weighted by molar-refractivity contribution is 0.0480. The number of carbonyl (C=O) groups excluding carboxylic acids is 1. The smallest absolute Gasteiger partial charge is 0.349 e. The zero-order valence-electron chi connectivity index (χ0n) is 20.7. The molecular weight excluding hydrogens is 502 g/mol. The van der Waals surface area contributed by atoms with Crippen LogP contribution in [0.4, 0.5) is 16.2 Å². The monoisotopic (exact) mass is 537 g/mol. The van der Waals surface area contributed by atoms with Crippen molar-refractivity contribution < 1.29 is 9.53 Å². The molecular formula is C29H36BrN3O2. The van der Waals surface area contributed by atoms with Crippen molar-refractivity contribution in [2.24, 2.45) is 11.0 Å². The fourth-order valence-electron chi connectivity index (χ4n) is 5.64. The van der Waals surface area contributed by atoms with Gasteiger partial charge in [0.15, 0.2) is 0 Å². The summed E-state index contributed by atoms with van der Waals surface area (Å²) >= 11 is 3.53. The Morgan fingerprint density at radius 1 is 1.00 bits per heavy atom. The predicted molar refractivity (Wildman–Crippen MR) is 146 cm³/mol. The Bertz CT molecular complexity index is 1060. The molecule has 0 bridgehead atoms. The number of fused-ring (bicyclic) bond motifs is 1. The largest absolute Gasteiger partial charge is 0.381 e. The number of hydrogen-bond acceptors (Lipinski definition) is 3. The molecule has 1 saturated carbocycles. The predicted octanol–water partition coefficient (Wildman–Crippen LogP) is 7.36. The highest BCUT2D eigenvalue weighted by molar-refractivity contribution is 9.09. The Morgan fingerprint density at radius 3 is 2.46 bits per heavy atom. The van der Waals surface area contributed by atoms with Crippen LogP contribution >= 0.6 is 15.9 Å². The number of halogens is 1. The molecule has 2 aromatic carbocycles. The number of anilines is 2. The summed E-state index contributed by atoms with van der Waals surface area (Å²) in [6, 6.07) is 15.0. The molecule has 5 nitrogen and oxygen atoms in total. The summed E-state index contributed by atoms with van der Waals surface area (Å²) in [6.45, 7) is 3.46. The molecule has 2 heterocycles. The molecule has 2 fully saturated rings. The number of amides is 2. The van der Waals surface area contributed by atoms with Crippen LogP contribution in [0.5, 0.6) is 0 Å². The second-order valence-corrected chi connectivity index (χ2v) is 10.9. The second-order valence-electron chi connectivity index (χ2n) is 10.1. The Labute approximate surface area is 217 Å². The first-order valence-corrected chi connectivity index (χ1v) is 14.3. The van der Waals surface area contributed by atoms with E-state index in [2.05, 4.69) is 65.3 Å². The first kappa shape index (κ1) is 24.5. The standard InChI is InChI=1S/C29H36BrN3O2/c1-21-9-14-26-27(20-21)32(24-12-10-22(11-13-24)6-5-17-30)29(34)33(25-15-18-35-19-16-25)31-28(26)23-7-3-2-4-8-23/h9-14,20,23,25H,2-8,15-19H2,1H3. The van der Waals surface area contributed by atoms with Crippen molar-refractivity contribution in [3.63, 3.8) is 0 Å². The first-order chi connectivity index (χ1) is 17.2. The van der Waals surface area contributed by atoms with E-state index in [1.807, 2.05) is 4.90 Å². The third-order valence-electron chi connectivity index (χ3n) is 7.60. The summed E-state index contributed by atoms with van der Waals surface area (Å²) < 4.78 is 5.63. The van der Waals surface area contributed by atoms with E-state index in [9.17, 15) is 4.79 Å². The number of aryl methyl sites for hydroxylation is 2. The molecule has 1 saturated heterocycles. The van der Waals surface area contributed by atoms with E-state index >= 15 is 0 Å². The number of urea groups is 1. The first-order valence-electron chi connectivity index (χ1n) is 13.2. The van der Waals surface area contributed by atoms with E-state index in [1.54, 1.807) is 5.01 Å². The highest BCUT2D eigenvalue weighted by Gasteiger charge is 2.37. The van der Waals surface area contributed by atoms with Gasteiger partial charge in [-0.15, -0.1) is 0 Å². The number of hydrogen-bond donors (Lipinski definition) is 0. The highest BCUT2D eigenvalue weighted by Crippen LogP contribution is 2.39. The van der Waals surface area contributed by atoms with Gasteiger partial charge < -0.3 is 4.74 Å². The molecule has 2 amide bonds. The summed E-state index contributed by atoms with van der Waals surface area (Å²) in [5.41, 5.74) is 6.51. The van der Waals surface area contributed by atoms with Crippen molar-refractivity contribution in [2.75, 3.05) is 23.4 Å². The zero-order chi connectivity index (χ0) is 24.2. The minimum Gasteiger partial charge on any atom is -0.381 e. The minimum absolute atomic E-state index is 0.0530. The topological polar surface area (TPSA) is 45.1 Å². The lowest BCUT2D eigenvalue weighted by Crippen LogP contribution is -2.45. The van der Waals surface area contributed by atoms with E-state index in [1.165, 1.54) is 24.8 Å². The number of nitrogens with zero attached hydrogens (tertiary/aromatic N) is 3. The molecule has 35 heavy (non-hydrogen) atoms. The van der Waals surface area contributed by atoms with Crippen LogP contribution in [0.3, 0.4) is 0 Å². The summed E-state index contributed by atoms with van der Waals surface area (Å²) in [7, 11) is 0. The highest BCUT2D eigenvalue weighted by atomic mass is 79.9. The molecule has 5 rings (SSSR count). The molecule has 0 spiro atoms. The molecule has 3 aliphatic rings. The molecule has 0 unspecified atom stereocenters. The summed E-state index contributed by atoms with van der Waals surface area (Å²) in [5, 5.41) is 8.01. The maximum Gasteiger partial charge on any atom is 0.349 e. The number of carbonyl (C=O) groups is 1. The van der Waals surface area contributed by atoms with Gasteiger partial charge in [0.2, 0.25) is 0 Å². The number of rotatable bonds is 6. The van der Waals surface area contributed by atoms with E-state index in [4.69, 9.17) is 9.84 Å². The van der Waals surface area contributed by atoms with Gasteiger partial charge in [-0.25, -0.2) is 9.80 Å².